The highest BCUT2D eigenvalue weighted by atomic mass is 19.4. The third-order valence-corrected chi connectivity index (χ3v) is 1.83. The number of ether oxygens (including phenoxy) is 1. The number of halogens is 5. The van der Waals surface area contributed by atoms with Gasteiger partial charge in [-0.1, -0.05) is 0 Å². The second-order valence-electron chi connectivity index (χ2n) is 2.81. The summed E-state index contributed by atoms with van der Waals surface area (Å²) in [5, 5.41) is 0. The molecular formula is C8H7F5N2O. The standard InChI is InChI=1S/C8H7F5N2O/c1-16-7-4(8(11,12)13)5(14)3(2-15-7)6(9)10/h2,6H,1H3,(H2,14,15). The third kappa shape index (κ3) is 2.15. The molecule has 0 unspecified atom stereocenters. The minimum absolute atomic E-state index is 0.564. The van der Waals surface area contributed by atoms with Crippen LogP contribution < -0.4 is 10.5 Å². The molecule has 0 atom stereocenters. The van der Waals surface area contributed by atoms with E-state index in [9.17, 15) is 22.0 Å². The molecule has 0 aliphatic rings. The number of alkyl halides is 5. The van der Waals surface area contributed by atoms with E-state index in [0.29, 0.717) is 6.20 Å². The van der Waals surface area contributed by atoms with Gasteiger partial charge in [0.05, 0.1) is 18.4 Å². The Balaban J connectivity index is 3.47. The van der Waals surface area contributed by atoms with Crippen LogP contribution in [-0.2, 0) is 6.18 Å². The van der Waals surface area contributed by atoms with Gasteiger partial charge in [-0.3, -0.25) is 0 Å². The number of methoxy groups -OCH3 is 1. The molecule has 90 valence electrons. The zero-order valence-corrected chi connectivity index (χ0v) is 7.98. The highest BCUT2D eigenvalue weighted by Crippen LogP contribution is 2.42. The normalized spacial score (nSPS) is 11.9. The van der Waals surface area contributed by atoms with Crippen LogP contribution >= 0.6 is 0 Å². The minimum Gasteiger partial charge on any atom is -0.481 e. The van der Waals surface area contributed by atoms with E-state index in [1.165, 1.54) is 0 Å². The molecule has 1 rings (SSSR count). The highest BCUT2D eigenvalue weighted by molar-refractivity contribution is 5.58. The Kier molecular flexibility index (Phi) is 3.20. The fraction of sp³-hybridized carbons (Fsp3) is 0.375. The largest absolute Gasteiger partial charge is 0.481 e. The molecule has 0 radical (unpaired) electrons. The summed E-state index contributed by atoms with van der Waals surface area (Å²) in [7, 11) is 0.944. The van der Waals surface area contributed by atoms with E-state index in [4.69, 9.17) is 5.73 Å². The van der Waals surface area contributed by atoms with Crippen LogP contribution in [0.3, 0.4) is 0 Å². The Bertz CT molecular complexity index is 391. The predicted octanol–water partition coefficient (Wildman–Crippen LogP) is 2.63. The Labute approximate surface area is 87.0 Å². The van der Waals surface area contributed by atoms with Crippen molar-refractivity contribution in [3.05, 3.63) is 17.3 Å². The first kappa shape index (κ1) is 12.5. The van der Waals surface area contributed by atoms with Crippen molar-refractivity contribution in [2.75, 3.05) is 12.8 Å². The van der Waals surface area contributed by atoms with E-state index >= 15 is 0 Å². The first-order valence-corrected chi connectivity index (χ1v) is 3.96. The highest BCUT2D eigenvalue weighted by Gasteiger charge is 2.39. The third-order valence-electron chi connectivity index (χ3n) is 1.83. The number of hydrogen-bond donors (Lipinski definition) is 1. The number of hydrogen-bond acceptors (Lipinski definition) is 3. The van der Waals surface area contributed by atoms with Crippen molar-refractivity contribution in [3.63, 3.8) is 0 Å². The Morgan fingerprint density at radius 3 is 2.31 bits per heavy atom. The summed E-state index contributed by atoms with van der Waals surface area (Å²) < 4.78 is 66.4. The van der Waals surface area contributed by atoms with Crippen molar-refractivity contribution in [1.82, 2.24) is 4.98 Å². The van der Waals surface area contributed by atoms with Crippen LogP contribution in [0.25, 0.3) is 0 Å². The van der Waals surface area contributed by atoms with Gasteiger partial charge in [-0.2, -0.15) is 13.2 Å². The summed E-state index contributed by atoms with van der Waals surface area (Å²) in [4.78, 5) is 3.14. The second kappa shape index (κ2) is 4.11. The Morgan fingerprint density at radius 2 is 1.94 bits per heavy atom. The van der Waals surface area contributed by atoms with Gasteiger partial charge in [-0.25, -0.2) is 13.8 Å². The summed E-state index contributed by atoms with van der Waals surface area (Å²) in [6, 6.07) is 0. The van der Waals surface area contributed by atoms with E-state index < -0.39 is 35.3 Å². The van der Waals surface area contributed by atoms with Crippen LogP contribution in [0.4, 0.5) is 27.6 Å². The number of nitrogens with zero attached hydrogens (tertiary/aromatic N) is 1. The molecule has 0 fully saturated rings. The van der Waals surface area contributed by atoms with Crippen molar-refractivity contribution >= 4 is 5.69 Å². The monoisotopic (exact) mass is 242 g/mol. The molecular weight excluding hydrogens is 235 g/mol. The lowest BCUT2D eigenvalue weighted by molar-refractivity contribution is -0.138. The van der Waals surface area contributed by atoms with Crippen molar-refractivity contribution in [1.29, 1.82) is 0 Å². The zero-order chi connectivity index (χ0) is 12.5. The lowest BCUT2D eigenvalue weighted by Gasteiger charge is -2.15. The molecule has 0 aliphatic carbocycles. The van der Waals surface area contributed by atoms with Crippen LogP contribution in [0.15, 0.2) is 6.20 Å². The van der Waals surface area contributed by atoms with Crippen LogP contribution in [-0.4, -0.2) is 12.1 Å². The van der Waals surface area contributed by atoms with Gasteiger partial charge in [-0.05, 0) is 0 Å². The molecule has 16 heavy (non-hydrogen) atoms. The summed E-state index contributed by atoms with van der Waals surface area (Å²) in [6.45, 7) is 0. The molecule has 3 nitrogen and oxygen atoms in total. The van der Waals surface area contributed by atoms with Gasteiger partial charge in [0.15, 0.2) is 0 Å². The average Bonchev–Trinajstić information content (AvgIpc) is 2.14. The van der Waals surface area contributed by atoms with Crippen molar-refractivity contribution in [2.45, 2.75) is 12.6 Å². The first-order valence-electron chi connectivity index (χ1n) is 3.96. The number of aromatic nitrogens is 1. The van der Waals surface area contributed by atoms with Gasteiger partial charge >= 0.3 is 6.18 Å². The van der Waals surface area contributed by atoms with Crippen molar-refractivity contribution in [2.24, 2.45) is 0 Å². The van der Waals surface area contributed by atoms with E-state index in [2.05, 4.69) is 9.72 Å². The van der Waals surface area contributed by atoms with E-state index in [0.717, 1.165) is 7.11 Å². The van der Waals surface area contributed by atoms with Gasteiger partial charge in [0.2, 0.25) is 5.88 Å². The van der Waals surface area contributed by atoms with Gasteiger partial charge in [0.25, 0.3) is 6.43 Å². The molecule has 1 aromatic heterocycles. The SMILES string of the molecule is COc1ncc(C(F)F)c(N)c1C(F)(F)F. The second-order valence-corrected chi connectivity index (χ2v) is 2.81. The van der Waals surface area contributed by atoms with Crippen molar-refractivity contribution in [3.8, 4) is 5.88 Å². The molecule has 0 bridgehead atoms. The van der Waals surface area contributed by atoms with Gasteiger partial charge in [0.1, 0.15) is 5.56 Å². The Hall–Kier alpha value is -1.60. The van der Waals surface area contributed by atoms with Crippen LogP contribution in [0.2, 0.25) is 0 Å². The molecule has 0 aliphatic heterocycles. The van der Waals surface area contributed by atoms with Gasteiger partial charge in [-0.15, -0.1) is 0 Å². The maximum Gasteiger partial charge on any atom is 0.423 e. The van der Waals surface area contributed by atoms with E-state index in [-0.39, 0.29) is 0 Å². The van der Waals surface area contributed by atoms with E-state index in [1.807, 2.05) is 0 Å². The molecule has 0 amide bonds. The molecule has 1 aromatic rings. The van der Waals surface area contributed by atoms with Crippen LogP contribution in [0, 0.1) is 0 Å². The average molecular weight is 242 g/mol. The van der Waals surface area contributed by atoms with Crippen molar-refractivity contribution < 1.29 is 26.7 Å². The molecule has 1 heterocycles. The lowest BCUT2D eigenvalue weighted by Crippen LogP contribution is -2.14. The molecule has 2 N–H and O–H groups in total. The summed E-state index contributed by atoms with van der Waals surface area (Å²) in [5.41, 5.74) is 1.52. The summed E-state index contributed by atoms with van der Waals surface area (Å²) >= 11 is 0. The maximum absolute atomic E-state index is 12.5. The molecule has 8 heteroatoms. The Morgan fingerprint density at radius 1 is 1.38 bits per heavy atom. The molecule has 0 saturated carbocycles. The minimum atomic E-state index is -4.90. The smallest absolute Gasteiger partial charge is 0.423 e. The number of rotatable bonds is 2. The number of nitrogen functional groups attached to an aromatic ring is 1. The van der Waals surface area contributed by atoms with E-state index in [1.54, 1.807) is 0 Å². The molecule has 0 spiro atoms. The summed E-state index contributed by atoms with van der Waals surface area (Å²) in [6.07, 6.45) is -7.46. The first-order chi connectivity index (χ1) is 7.29. The number of anilines is 1. The summed E-state index contributed by atoms with van der Waals surface area (Å²) in [5.74, 6) is -0.825. The van der Waals surface area contributed by atoms with Gasteiger partial charge < -0.3 is 10.5 Å². The topological polar surface area (TPSA) is 48.1 Å². The fourth-order valence-electron chi connectivity index (χ4n) is 1.12. The number of nitrogens with two attached hydrogens (primary N) is 1. The molecule has 0 saturated heterocycles. The molecule has 0 aromatic carbocycles. The fourth-order valence-corrected chi connectivity index (χ4v) is 1.12. The predicted molar refractivity (Wildman–Crippen MR) is 45.2 cm³/mol. The number of pyridine rings is 1. The zero-order valence-electron chi connectivity index (χ0n) is 7.98. The maximum atomic E-state index is 12.5. The lowest BCUT2D eigenvalue weighted by atomic mass is 10.1. The van der Waals surface area contributed by atoms with Crippen LogP contribution in [0.5, 0.6) is 5.88 Å². The quantitative estimate of drug-likeness (QED) is 0.811. The van der Waals surface area contributed by atoms with Crippen LogP contribution in [0.1, 0.15) is 17.6 Å². The van der Waals surface area contributed by atoms with Gasteiger partial charge in [0, 0.05) is 6.20 Å².